The second-order valence-electron chi connectivity index (χ2n) is 7.63. The van der Waals surface area contributed by atoms with Crippen LogP contribution in [0.1, 0.15) is 28.7 Å². The third kappa shape index (κ3) is 4.95. The van der Waals surface area contributed by atoms with Crippen LogP contribution in [-0.2, 0) is 16.1 Å². The Bertz CT molecular complexity index is 910. The number of urea groups is 1. The largest absolute Gasteiger partial charge is 0.375 e. The molecule has 0 aliphatic carbocycles. The first-order chi connectivity index (χ1) is 13.9. The van der Waals surface area contributed by atoms with E-state index >= 15 is 0 Å². The number of amides is 3. The molecule has 3 amide bonds. The summed E-state index contributed by atoms with van der Waals surface area (Å²) in [6.07, 6.45) is 0.871. The van der Waals surface area contributed by atoms with Crippen molar-refractivity contribution in [2.45, 2.75) is 33.7 Å². The van der Waals surface area contributed by atoms with Crippen molar-refractivity contribution in [3.05, 3.63) is 58.7 Å². The first-order valence-electron chi connectivity index (χ1n) is 9.91. The van der Waals surface area contributed by atoms with E-state index in [1.54, 1.807) is 4.90 Å². The summed E-state index contributed by atoms with van der Waals surface area (Å²) in [7, 11) is 1.48. The Morgan fingerprint density at radius 2 is 1.86 bits per heavy atom. The Morgan fingerprint density at radius 1 is 1.07 bits per heavy atom. The second kappa shape index (κ2) is 9.09. The quantitative estimate of drug-likeness (QED) is 0.803. The third-order valence-electron chi connectivity index (χ3n) is 5.25. The third-order valence-corrected chi connectivity index (χ3v) is 5.25. The molecule has 154 valence electrons. The number of ether oxygens (including phenoxy) is 1. The molecule has 1 fully saturated rings. The van der Waals surface area contributed by atoms with Crippen LogP contribution >= 0.6 is 0 Å². The molecule has 29 heavy (non-hydrogen) atoms. The van der Waals surface area contributed by atoms with Gasteiger partial charge < -0.3 is 15.0 Å². The van der Waals surface area contributed by atoms with E-state index in [1.165, 1.54) is 18.2 Å². The first-order valence-corrected chi connectivity index (χ1v) is 9.91. The molecule has 0 radical (unpaired) electrons. The van der Waals surface area contributed by atoms with Gasteiger partial charge in [-0.2, -0.15) is 0 Å². The number of nitrogens with one attached hydrogen (secondary N) is 1. The summed E-state index contributed by atoms with van der Waals surface area (Å²) in [6.45, 7) is 8.03. The highest BCUT2D eigenvalue weighted by atomic mass is 16.5. The summed E-state index contributed by atoms with van der Waals surface area (Å²) in [4.78, 5) is 28.9. The molecule has 1 heterocycles. The number of benzene rings is 2. The summed E-state index contributed by atoms with van der Waals surface area (Å²) < 4.78 is 4.91. The zero-order valence-corrected chi connectivity index (χ0v) is 17.6. The SMILES string of the molecule is COCC(=O)Nc1cc(C)ccc1N1CCCN(Cc2ccc(C)c(C)c2)C1=O. The van der Waals surface area contributed by atoms with Crippen LogP contribution in [0, 0.1) is 20.8 Å². The first kappa shape index (κ1) is 20.9. The highest BCUT2D eigenvalue weighted by Crippen LogP contribution is 2.30. The number of hydrogen-bond acceptors (Lipinski definition) is 3. The van der Waals surface area contributed by atoms with Crippen molar-refractivity contribution >= 4 is 23.3 Å². The standard InChI is InChI=1S/C23H29N3O3/c1-16-6-9-21(20(12-16)24-22(27)15-29-4)26-11-5-10-25(23(26)28)14-19-8-7-17(2)18(3)13-19/h6-9,12-13H,5,10-11,14-15H2,1-4H3,(H,24,27). The summed E-state index contributed by atoms with van der Waals surface area (Å²) in [6, 6.07) is 12.0. The van der Waals surface area contributed by atoms with Gasteiger partial charge in [0.2, 0.25) is 5.91 Å². The number of nitrogens with zero attached hydrogens (tertiary/aromatic N) is 2. The molecule has 6 heteroatoms. The molecule has 3 rings (SSSR count). The van der Waals surface area contributed by atoms with Gasteiger partial charge in [0.05, 0.1) is 11.4 Å². The normalized spacial score (nSPS) is 14.3. The lowest BCUT2D eigenvalue weighted by Gasteiger charge is -2.36. The molecule has 6 nitrogen and oxygen atoms in total. The van der Waals surface area contributed by atoms with Crippen LogP contribution in [-0.4, -0.2) is 43.6 Å². The molecule has 1 aliphatic rings. The van der Waals surface area contributed by atoms with Gasteiger partial charge >= 0.3 is 6.03 Å². The van der Waals surface area contributed by atoms with E-state index in [0.29, 0.717) is 18.8 Å². The average molecular weight is 396 g/mol. The van der Waals surface area contributed by atoms with Crippen LogP contribution in [0.5, 0.6) is 0 Å². The van der Waals surface area contributed by atoms with Gasteiger partial charge in [0.25, 0.3) is 0 Å². The van der Waals surface area contributed by atoms with Crippen LogP contribution in [0.4, 0.5) is 16.2 Å². The van der Waals surface area contributed by atoms with Crippen LogP contribution in [0.25, 0.3) is 0 Å². The minimum absolute atomic E-state index is 0.0276. The van der Waals surface area contributed by atoms with Crippen molar-refractivity contribution in [2.24, 2.45) is 0 Å². The lowest BCUT2D eigenvalue weighted by Crippen LogP contribution is -2.49. The number of anilines is 2. The van der Waals surface area contributed by atoms with Gasteiger partial charge in [-0.1, -0.05) is 24.3 Å². The van der Waals surface area contributed by atoms with Gasteiger partial charge in [-0.25, -0.2) is 4.79 Å². The molecule has 1 N–H and O–H groups in total. The van der Waals surface area contributed by atoms with Gasteiger partial charge in [0.1, 0.15) is 6.61 Å². The molecular weight excluding hydrogens is 366 g/mol. The van der Waals surface area contributed by atoms with Crippen LogP contribution in [0.15, 0.2) is 36.4 Å². The van der Waals surface area contributed by atoms with Crippen molar-refractivity contribution in [1.82, 2.24) is 4.90 Å². The van der Waals surface area contributed by atoms with E-state index in [1.807, 2.05) is 30.0 Å². The van der Waals surface area contributed by atoms with E-state index in [4.69, 9.17) is 4.74 Å². The fourth-order valence-electron chi connectivity index (χ4n) is 3.58. The van der Waals surface area contributed by atoms with E-state index in [2.05, 4.69) is 37.4 Å². The summed E-state index contributed by atoms with van der Waals surface area (Å²) >= 11 is 0. The number of hydrogen-bond donors (Lipinski definition) is 1. The highest BCUT2D eigenvalue weighted by Gasteiger charge is 2.28. The van der Waals surface area contributed by atoms with E-state index in [-0.39, 0.29) is 18.5 Å². The van der Waals surface area contributed by atoms with Gasteiger partial charge in [0.15, 0.2) is 0 Å². The Balaban J connectivity index is 1.82. The van der Waals surface area contributed by atoms with Crippen molar-refractivity contribution in [3.63, 3.8) is 0 Å². The Kier molecular flexibility index (Phi) is 6.54. The zero-order valence-electron chi connectivity index (χ0n) is 17.6. The van der Waals surface area contributed by atoms with E-state index < -0.39 is 0 Å². The lowest BCUT2D eigenvalue weighted by molar-refractivity contribution is -0.119. The predicted molar refractivity (Wildman–Crippen MR) is 115 cm³/mol. The van der Waals surface area contributed by atoms with Gasteiger partial charge in [-0.05, 0) is 61.6 Å². The molecule has 2 aromatic rings. The highest BCUT2D eigenvalue weighted by molar-refractivity contribution is 6.01. The molecule has 1 saturated heterocycles. The minimum atomic E-state index is -0.240. The molecule has 2 aromatic carbocycles. The van der Waals surface area contributed by atoms with E-state index in [0.717, 1.165) is 29.8 Å². The Labute approximate surface area is 172 Å². The predicted octanol–water partition coefficient (Wildman–Crippen LogP) is 4.03. The second-order valence-corrected chi connectivity index (χ2v) is 7.63. The number of rotatable bonds is 6. The number of aryl methyl sites for hydroxylation is 3. The molecule has 1 aliphatic heterocycles. The Morgan fingerprint density at radius 3 is 2.59 bits per heavy atom. The van der Waals surface area contributed by atoms with Crippen molar-refractivity contribution < 1.29 is 14.3 Å². The van der Waals surface area contributed by atoms with E-state index in [9.17, 15) is 9.59 Å². The van der Waals surface area contributed by atoms with Crippen molar-refractivity contribution in [3.8, 4) is 0 Å². The van der Waals surface area contributed by atoms with Gasteiger partial charge in [0, 0.05) is 26.7 Å². The summed E-state index contributed by atoms with van der Waals surface area (Å²) in [5, 5.41) is 2.87. The monoisotopic (exact) mass is 395 g/mol. The Hall–Kier alpha value is -2.86. The molecule has 0 saturated carbocycles. The van der Waals surface area contributed by atoms with Crippen molar-refractivity contribution in [1.29, 1.82) is 0 Å². The van der Waals surface area contributed by atoms with Crippen LogP contribution in [0.2, 0.25) is 0 Å². The zero-order chi connectivity index (χ0) is 21.0. The smallest absolute Gasteiger partial charge is 0.324 e. The lowest BCUT2D eigenvalue weighted by atomic mass is 10.1. The molecule has 0 bridgehead atoms. The fraction of sp³-hybridized carbons (Fsp3) is 0.391. The van der Waals surface area contributed by atoms with Gasteiger partial charge in [-0.15, -0.1) is 0 Å². The maximum Gasteiger partial charge on any atom is 0.324 e. The summed E-state index contributed by atoms with van der Waals surface area (Å²) in [5.74, 6) is -0.240. The maximum absolute atomic E-state index is 13.2. The number of carbonyl (C=O) groups is 2. The van der Waals surface area contributed by atoms with Crippen LogP contribution < -0.4 is 10.2 Å². The molecule has 0 aromatic heterocycles. The molecule has 0 spiro atoms. The minimum Gasteiger partial charge on any atom is -0.375 e. The van der Waals surface area contributed by atoms with Crippen LogP contribution in [0.3, 0.4) is 0 Å². The fourth-order valence-corrected chi connectivity index (χ4v) is 3.58. The number of carbonyl (C=O) groups excluding carboxylic acids is 2. The average Bonchev–Trinajstić information content (AvgIpc) is 2.67. The number of methoxy groups -OCH3 is 1. The van der Waals surface area contributed by atoms with Crippen molar-refractivity contribution in [2.75, 3.05) is 37.0 Å². The molecular formula is C23H29N3O3. The topological polar surface area (TPSA) is 61.9 Å². The molecule has 0 atom stereocenters. The molecule has 0 unspecified atom stereocenters. The summed E-state index contributed by atoms with van der Waals surface area (Å²) in [5.41, 5.74) is 5.96. The van der Waals surface area contributed by atoms with Gasteiger partial charge in [-0.3, -0.25) is 9.69 Å². The maximum atomic E-state index is 13.2.